The number of rotatable bonds is 4. The third kappa shape index (κ3) is 2.86. The van der Waals surface area contributed by atoms with E-state index in [0.29, 0.717) is 52.0 Å². The molecule has 0 aromatic carbocycles. The van der Waals surface area contributed by atoms with Crippen LogP contribution in [0.15, 0.2) is 0 Å². The van der Waals surface area contributed by atoms with Crippen molar-refractivity contribution in [1.29, 1.82) is 0 Å². The zero-order valence-corrected chi connectivity index (χ0v) is 17.7. The fourth-order valence-electron chi connectivity index (χ4n) is 5.41. The largest absolute Gasteiger partial charge is 0.342 e. The summed E-state index contributed by atoms with van der Waals surface area (Å²) < 4.78 is 52.8. The zero-order chi connectivity index (χ0) is 19.7. The van der Waals surface area contributed by atoms with E-state index in [-0.39, 0.29) is 17.7 Å². The number of sulfonamides is 2. The Morgan fingerprint density at radius 1 is 0.963 bits per heavy atom. The molecule has 1 saturated carbocycles. The van der Waals surface area contributed by atoms with Gasteiger partial charge in [-0.05, 0) is 39.0 Å². The molecule has 27 heavy (non-hydrogen) atoms. The highest BCUT2D eigenvalue weighted by atomic mass is 32.2. The zero-order valence-electron chi connectivity index (χ0n) is 16.1. The first-order valence-electron chi connectivity index (χ1n) is 9.79. The van der Waals surface area contributed by atoms with Crippen LogP contribution in [0.4, 0.5) is 0 Å². The summed E-state index contributed by atoms with van der Waals surface area (Å²) in [5.41, 5.74) is -1.17. The van der Waals surface area contributed by atoms with Gasteiger partial charge in [-0.25, -0.2) is 25.4 Å². The lowest BCUT2D eigenvalue weighted by molar-refractivity contribution is -0.141. The van der Waals surface area contributed by atoms with Crippen LogP contribution in [-0.2, 0) is 24.8 Å². The van der Waals surface area contributed by atoms with Gasteiger partial charge in [0.25, 0.3) is 0 Å². The number of hydrogen-bond donors (Lipinski definition) is 0. The number of amides is 1. The van der Waals surface area contributed by atoms with Gasteiger partial charge < -0.3 is 4.90 Å². The molecule has 154 valence electrons. The summed E-state index contributed by atoms with van der Waals surface area (Å²) in [4.78, 5) is 15.1. The van der Waals surface area contributed by atoms with Crippen molar-refractivity contribution in [3.05, 3.63) is 0 Å². The molecule has 3 aliphatic heterocycles. The number of hydrogen-bond acceptors (Lipinski definition) is 5. The van der Waals surface area contributed by atoms with Crippen LogP contribution < -0.4 is 0 Å². The molecule has 3 heterocycles. The Labute approximate surface area is 162 Å². The normalized spacial score (nSPS) is 32.8. The molecular weight excluding hydrogens is 390 g/mol. The van der Waals surface area contributed by atoms with Crippen LogP contribution in [0.3, 0.4) is 0 Å². The second-order valence-corrected chi connectivity index (χ2v) is 12.9. The lowest BCUT2D eigenvalue weighted by Gasteiger charge is -2.46. The maximum Gasteiger partial charge on any atom is 0.230 e. The number of carbonyl (C=O) groups excluding carboxylic acids is 1. The summed E-state index contributed by atoms with van der Waals surface area (Å²) in [7, 11) is -6.64. The van der Waals surface area contributed by atoms with E-state index >= 15 is 0 Å². The summed E-state index contributed by atoms with van der Waals surface area (Å²) in [5.74, 6) is 0.0506. The fourth-order valence-corrected chi connectivity index (χ4v) is 8.19. The first-order valence-corrected chi connectivity index (χ1v) is 13.1. The molecule has 10 heteroatoms. The number of likely N-dealkylation sites (tertiary alicyclic amines) is 1. The molecule has 0 N–H and O–H groups in total. The van der Waals surface area contributed by atoms with Gasteiger partial charge in [0.05, 0.1) is 16.9 Å². The minimum absolute atomic E-state index is 0.0506. The van der Waals surface area contributed by atoms with E-state index in [1.54, 1.807) is 4.31 Å². The number of carbonyl (C=O) groups is 1. The van der Waals surface area contributed by atoms with Crippen LogP contribution in [0, 0.1) is 10.8 Å². The molecule has 4 rings (SSSR count). The van der Waals surface area contributed by atoms with Crippen LogP contribution >= 0.6 is 0 Å². The Bertz CT molecular complexity index is 844. The lowest BCUT2D eigenvalue weighted by Crippen LogP contribution is -2.54. The minimum Gasteiger partial charge on any atom is -0.342 e. The van der Waals surface area contributed by atoms with Crippen molar-refractivity contribution in [2.45, 2.75) is 44.3 Å². The molecule has 4 fully saturated rings. The highest BCUT2D eigenvalue weighted by Gasteiger charge is 2.66. The van der Waals surface area contributed by atoms with Crippen LogP contribution in [0.2, 0.25) is 0 Å². The molecule has 4 aliphatic rings. The summed E-state index contributed by atoms with van der Waals surface area (Å²) in [6.07, 6.45) is 4.42. The maximum absolute atomic E-state index is 13.3. The van der Waals surface area contributed by atoms with Gasteiger partial charge in [-0.2, -0.15) is 0 Å². The van der Waals surface area contributed by atoms with Gasteiger partial charge in [0.15, 0.2) is 0 Å². The highest BCUT2D eigenvalue weighted by molar-refractivity contribution is 7.90. The van der Waals surface area contributed by atoms with E-state index in [1.807, 2.05) is 11.8 Å². The fraction of sp³-hybridized carbons (Fsp3) is 0.941. The first-order chi connectivity index (χ1) is 12.6. The van der Waals surface area contributed by atoms with Gasteiger partial charge >= 0.3 is 0 Å². The van der Waals surface area contributed by atoms with Crippen molar-refractivity contribution >= 4 is 26.0 Å². The Kier molecular flexibility index (Phi) is 4.46. The van der Waals surface area contributed by atoms with Gasteiger partial charge in [-0.3, -0.25) is 4.79 Å². The van der Waals surface area contributed by atoms with Crippen LogP contribution in [0.1, 0.15) is 39.0 Å². The number of nitrogens with zero attached hydrogens (tertiary/aromatic N) is 3. The van der Waals surface area contributed by atoms with E-state index < -0.39 is 30.9 Å². The van der Waals surface area contributed by atoms with Gasteiger partial charge in [-0.1, -0.05) is 0 Å². The van der Waals surface area contributed by atoms with E-state index in [1.165, 1.54) is 10.6 Å². The Hall–Kier alpha value is -0.710. The van der Waals surface area contributed by atoms with Crippen LogP contribution in [0.25, 0.3) is 0 Å². The van der Waals surface area contributed by atoms with Crippen molar-refractivity contribution < 1.29 is 21.6 Å². The van der Waals surface area contributed by atoms with Gasteiger partial charge in [0, 0.05) is 44.7 Å². The molecule has 0 radical (unpaired) electrons. The van der Waals surface area contributed by atoms with Crippen LogP contribution in [-0.4, -0.2) is 87.0 Å². The summed E-state index contributed by atoms with van der Waals surface area (Å²) >= 11 is 0. The SMILES string of the molecule is CCN1CCC2(CN(S(C)(=O)=O)CC23CCN(S(=O)(=O)C2CC2)CC3)C1=O. The Morgan fingerprint density at radius 2 is 1.59 bits per heavy atom. The van der Waals surface area contributed by atoms with Gasteiger partial charge in [-0.15, -0.1) is 0 Å². The van der Waals surface area contributed by atoms with E-state index in [2.05, 4.69) is 0 Å². The van der Waals surface area contributed by atoms with Gasteiger partial charge in [0.1, 0.15) is 0 Å². The molecule has 2 spiro atoms. The summed E-state index contributed by atoms with van der Waals surface area (Å²) in [6.45, 7) is 4.55. The first kappa shape index (κ1) is 19.6. The smallest absolute Gasteiger partial charge is 0.230 e. The molecule has 0 aromatic heterocycles. The Balaban J connectivity index is 1.64. The molecular formula is C17H29N3O5S2. The molecule has 8 nitrogen and oxygen atoms in total. The number of fused-ring (bicyclic) bond motifs is 1. The van der Waals surface area contributed by atoms with E-state index in [4.69, 9.17) is 0 Å². The van der Waals surface area contributed by atoms with E-state index in [0.717, 1.165) is 12.8 Å². The second kappa shape index (κ2) is 6.14. The average molecular weight is 420 g/mol. The quantitative estimate of drug-likeness (QED) is 0.643. The highest BCUT2D eigenvalue weighted by Crippen LogP contribution is 2.58. The Morgan fingerprint density at radius 3 is 2.07 bits per heavy atom. The molecule has 1 aliphatic carbocycles. The summed E-state index contributed by atoms with van der Waals surface area (Å²) in [5, 5.41) is -0.236. The van der Waals surface area contributed by atoms with Gasteiger partial charge in [0.2, 0.25) is 26.0 Å². The molecule has 3 saturated heterocycles. The molecule has 1 amide bonds. The monoisotopic (exact) mass is 419 g/mol. The second-order valence-electron chi connectivity index (χ2n) is 8.67. The van der Waals surface area contributed by atoms with Crippen molar-refractivity contribution in [3.8, 4) is 0 Å². The molecule has 0 aromatic rings. The van der Waals surface area contributed by atoms with Crippen LogP contribution in [0.5, 0.6) is 0 Å². The number of piperidine rings is 1. The van der Waals surface area contributed by atoms with Crippen molar-refractivity contribution in [3.63, 3.8) is 0 Å². The predicted octanol–water partition coefficient (Wildman–Crippen LogP) is 0.0746. The van der Waals surface area contributed by atoms with Crippen molar-refractivity contribution in [1.82, 2.24) is 13.5 Å². The maximum atomic E-state index is 13.3. The van der Waals surface area contributed by atoms with E-state index in [9.17, 15) is 21.6 Å². The van der Waals surface area contributed by atoms with Crippen molar-refractivity contribution in [2.75, 3.05) is 45.5 Å². The molecule has 1 unspecified atom stereocenters. The van der Waals surface area contributed by atoms with Crippen molar-refractivity contribution in [2.24, 2.45) is 10.8 Å². The predicted molar refractivity (Wildman–Crippen MR) is 101 cm³/mol. The average Bonchev–Trinajstić information content (AvgIpc) is 3.35. The summed E-state index contributed by atoms with van der Waals surface area (Å²) in [6, 6.07) is 0. The lowest BCUT2D eigenvalue weighted by atomic mass is 9.60. The topological polar surface area (TPSA) is 95.1 Å². The minimum atomic E-state index is -3.40. The third-order valence-corrected chi connectivity index (χ3v) is 10.9. The molecule has 0 bridgehead atoms. The molecule has 1 atom stereocenters. The standard InChI is InChI=1S/C17H29N3O5S2/c1-3-18-9-8-17(15(18)21)13-20(26(2,22)23)12-16(17)6-10-19(11-7-16)27(24,25)14-4-5-14/h14H,3-13H2,1-2H3. The third-order valence-electron chi connectivity index (χ3n) is 7.28.